The topological polar surface area (TPSA) is 411 Å². The van der Waals surface area contributed by atoms with E-state index < -0.39 is 175 Å². The molecule has 0 aromatic heterocycles. The zero-order valence-corrected chi connectivity index (χ0v) is 47.2. The molecule has 2 aliphatic heterocycles. The summed E-state index contributed by atoms with van der Waals surface area (Å²) in [4.78, 5) is 173. The molecule has 2 saturated heterocycles. The molecule has 10 amide bonds. The fourth-order valence-electron chi connectivity index (χ4n) is 8.81. The highest BCUT2D eigenvalue weighted by Crippen LogP contribution is 2.23. The monoisotopic (exact) mass is 1160 g/mol. The van der Waals surface area contributed by atoms with Crippen molar-refractivity contribution < 1.29 is 77.6 Å². The fourth-order valence-corrected chi connectivity index (χ4v) is 9.23. The molecule has 1 aromatic rings. The standard InChI is InChI=1S/C51H77N11O16S2/c1-6-27(4)41(60-45(71)32(17-19-39(66)67)56-48(74)35-14-10-20-61(35)37(63)23-53-44(70)31(16-18-38(64)65)55-43(69)30(52)24-79)50(76)62-21-11-15-36(62)47(73)54-28(5)42(68)57-33(22-29-12-8-7-9-13-29)46(72)59-40(26(2)3)49(75)58-34(25-80)51(77)78/h7-9,12-13,26-28,30-36,40-41,79-80H,6,10-11,14-25,52H2,1-5H3,(H,53,70)(H,54,73)(H,55,69)(H,56,74)(H,57,68)(H,58,75)(H,59,72)(H,60,71)(H,64,65)(H,66,67)(H,77,78)/t27-,28-,30-,31-,32-,33-,34-,35-,36-,40-,41-/m0/s1. The number of thiol groups is 2. The summed E-state index contributed by atoms with van der Waals surface area (Å²) in [5.74, 6) is -13.3. The minimum absolute atomic E-state index is 0.0490. The minimum Gasteiger partial charge on any atom is -0.481 e. The number of nitrogens with two attached hydrogens (primary N) is 1. The number of carbonyl (C=O) groups is 13. The van der Waals surface area contributed by atoms with Crippen molar-refractivity contribution in [3.63, 3.8) is 0 Å². The predicted molar refractivity (Wildman–Crippen MR) is 293 cm³/mol. The second kappa shape index (κ2) is 32.9. The third-order valence-corrected chi connectivity index (χ3v) is 14.5. The third-order valence-electron chi connectivity index (χ3n) is 13.7. The Kier molecular flexibility index (Phi) is 27.7. The maximum Gasteiger partial charge on any atom is 0.327 e. The Bertz CT molecular complexity index is 2400. The van der Waals surface area contributed by atoms with Crippen LogP contribution in [0.5, 0.6) is 0 Å². The van der Waals surface area contributed by atoms with Gasteiger partial charge in [-0.15, -0.1) is 0 Å². The van der Waals surface area contributed by atoms with E-state index in [0.717, 1.165) is 4.90 Å². The van der Waals surface area contributed by atoms with Gasteiger partial charge in [0.05, 0.1) is 12.6 Å². The quantitative estimate of drug-likeness (QED) is 0.0330. The molecule has 2 fully saturated rings. The normalized spacial score (nSPS) is 18.3. The lowest BCUT2D eigenvalue weighted by Crippen LogP contribution is -2.61. The lowest BCUT2D eigenvalue weighted by molar-refractivity contribution is -0.144. The Morgan fingerprint density at radius 1 is 0.600 bits per heavy atom. The first-order valence-electron chi connectivity index (χ1n) is 26.4. The van der Waals surface area contributed by atoms with Gasteiger partial charge in [0.25, 0.3) is 0 Å². The van der Waals surface area contributed by atoms with Crippen LogP contribution in [0.1, 0.15) is 98.0 Å². The van der Waals surface area contributed by atoms with Gasteiger partial charge in [-0.2, -0.15) is 25.3 Å². The Morgan fingerprint density at radius 2 is 1.11 bits per heavy atom. The number of rotatable bonds is 32. The molecule has 13 N–H and O–H groups in total. The molecule has 27 nitrogen and oxygen atoms in total. The van der Waals surface area contributed by atoms with Crippen molar-refractivity contribution in [3.8, 4) is 0 Å². The van der Waals surface area contributed by atoms with Gasteiger partial charge < -0.3 is 73.4 Å². The molecule has 444 valence electrons. The molecular weight excluding hydrogens is 1090 g/mol. The van der Waals surface area contributed by atoms with Crippen molar-refractivity contribution in [1.82, 2.24) is 52.3 Å². The molecule has 0 spiro atoms. The van der Waals surface area contributed by atoms with E-state index in [2.05, 4.69) is 67.8 Å². The van der Waals surface area contributed by atoms with Crippen LogP contribution in [0.2, 0.25) is 0 Å². The summed E-state index contributed by atoms with van der Waals surface area (Å²) in [6, 6.07) is -4.20. The van der Waals surface area contributed by atoms with Crippen molar-refractivity contribution >= 4 is 102 Å². The number of benzene rings is 1. The molecule has 29 heteroatoms. The van der Waals surface area contributed by atoms with Crippen molar-refractivity contribution in [2.75, 3.05) is 31.1 Å². The van der Waals surface area contributed by atoms with Crippen LogP contribution in [0.15, 0.2) is 30.3 Å². The van der Waals surface area contributed by atoms with Crippen LogP contribution in [-0.4, -0.2) is 194 Å². The molecule has 0 unspecified atom stereocenters. The van der Waals surface area contributed by atoms with Gasteiger partial charge in [0, 0.05) is 43.9 Å². The van der Waals surface area contributed by atoms with Crippen LogP contribution in [0, 0.1) is 11.8 Å². The van der Waals surface area contributed by atoms with Gasteiger partial charge in [-0.1, -0.05) is 64.4 Å². The van der Waals surface area contributed by atoms with E-state index in [1.165, 1.54) is 11.8 Å². The molecule has 11 atom stereocenters. The molecule has 2 aliphatic rings. The van der Waals surface area contributed by atoms with Crippen LogP contribution in [0.4, 0.5) is 0 Å². The largest absolute Gasteiger partial charge is 0.481 e. The Hall–Kier alpha value is -7.01. The molecule has 0 bridgehead atoms. The zero-order valence-electron chi connectivity index (χ0n) is 45.4. The van der Waals surface area contributed by atoms with E-state index in [-0.39, 0.29) is 50.3 Å². The number of nitrogens with one attached hydrogen (secondary N) is 8. The van der Waals surface area contributed by atoms with Crippen LogP contribution in [0.3, 0.4) is 0 Å². The average Bonchev–Trinajstić information content (AvgIpc) is 4.13. The number of aliphatic carboxylic acids is 3. The van der Waals surface area contributed by atoms with E-state index in [1.54, 1.807) is 58.0 Å². The van der Waals surface area contributed by atoms with E-state index in [0.29, 0.717) is 24.8 Å². The van der Waals surface area contributed by atoms with E-state index in [1.807, 2.05) is 0 Å². The van der Waals surface area contributed by atoms with Gasteiger partial charge in [-0.25, -0.2) is 4.79 Å². The van der Waals surface area contributed by atoms with Gasteiger partial charge in [0.1, 0.15) is 54.4 Å². The highest BCUT2D eigenvalue weighted by molar-refractivity contribution is 7.80. The van der Waals surface area contributed by atoms with E-state index in [9.17, 15) is 72.5 Å². The highest BCUT2D eigenvalue weighted by Gasteiger charge is 2.42. The summed E-state index contributed by atoms with van der Waals surface area (Å²) in [5, 5.41) is 48.3. The van der Waals surface area contributed by atoms with Crippen molar-refractivity contribution in [3.05, 3.63) is 35.9 Å². The van der Waals surface area contributed by atoms with Crippen molar-refractivity contribution in [2.45, 2.75) is 159 Å². The van der Waals surface area contributed by atoms with Gasteiger partial charge in [-0.05, 0) is 62.8 Å². The molecule has 3 rings (SSSR count). The molecule has 0 aliphatic carbocycles. The zero-order chi connectivity index (χ0) is 60.0. The van der Waals surface area contributed by atoms with Crippen LogP contribution >= 0.6 is 25.3 Å². The average molecular weight is 1160 g/mol. The summed E-state index contributed by atoms with van der Waals surface area (Å²) in [6.45, 7) is 7.49. The number of amides is 10. The van der Waals surface area contributed by atoms with Gasteiger partial charge in [-0.3, -0.25) is 57.5 Å². The summed E-state index contributed by atoms with van der Waals surface area (Å²) >= 11 is 7.93. The summed E-state index contributed by atoms with van der Waals surface area (Å²) in [5.41, 5.74) is 6.31. The molecule has 2 heterocycles. The SMILES string of the molecule is CC[C@H](C)[C@H](NC(=O)[C@H](CCC(=O)O)NC(=O)[C@@H]1CCCN1C(=O)CNC(=O)[C@H](CCC(=O)O)NC(=O)[C@@H](N)CS)C(=O)N1CCC[C@H]1C(=O)N[C@@H](C)C(=O)N[C@@H](Cc1ccccc1)C(=O)N[C@H](C(=O)N[C@@H](CS)C(=O)O)C(C)C. The third kappa shape index (κ3) is 20.6. The molecule has 0 saturated carbocycles. The fraction of sp³-hybridized carbons (Fsp3) is 0.627. The first-order valence-corrected chi connectivity index (χ1v) is 27.7. The summed E-state index contributed by atoms with van der Waals surface area (Å²) in [7, 11) is 0. The van der Waals surface area contributed by atoms with Crippen LogP contribution in [0.25, 0.3) is 0 Å². The van der Waals surface area contributed by atoms with Crippen molar-refractivity contribution in [2.24, 2.45) is 17.6 Å². The first-order chi connectivity index (χ1) is 37.7. The smallest absolute Gasteiger partial charge is 0.327 e. The number of likely N-dealkylation sites (tertiary alicyclic amines) is 2. The maximum atomic E-state index is 14.5. The number of hydrogen-bond acceptors (Lipinski definition) is 16. The van der Waals surface area contributed by atoms with Gasteiger partial charge >= 0.3 is 17.9 Å². The maximum absolute atomic E-state index is 14.5. The molecule has 1 aromatic carbocycles. The Morgan fingerprint density at radius 3 is 1.65 bits per heavy atom. The number of carboxylic acids is 3. The Balaban J connectivity index is 1.76. The summed E-state index contributed by atoms with van der Waals surface area (Å²) in [6.07, 6.45) is -0.662. The number of carbonyl (C=O) groups excluding carboxylic acids is 10. The lowest BCUT2D eigenvalue weighted by atomic mass is 9.96. The molecule has 80 heavy (non-hydrogen) atoms. The van der Waals surface area contributed by atoms with Gasteiger partial charge in [0.15, 0.2) is 0 Å². The number of carboxylic acid groups (broad SMARTS) is 3. The summed E-state index contributed by atoms with van der Waals surface area (Å²) < 4.78 is 0. The second-order valence-corrected chi connectivity index (χ2v) is 20.8. The van der Waals surface area contributed by atoms with E-state index in [4.69, 9.17) is 10.8 Å². The number of hydrogen-bond donors (Lipinski definition) is 14. The molecular formula is C51H77N11O16S2. The highest BCUT2D eigenvalue weighted by atomic mass is 32.1. The minimum atomic E-state index is -1.54. The van der Waals surface area contributed by atoms with Gasteiger partial charge in [0.2, 0.25) is 59.1 Å². The number of nitrogens with zero attached hydrogens (tertiary/aromatic N) is 2. The lowest BCUT2D eigenvalue weighted by Gasteiger charge is -2.33. The second-order valence-electron chi connectivity index (χ2n) is 20.1. The first kappa shape index (κ1) is 67.3. The van der Waals surface area contributed by atoms with E-state index >= 15 is 0 Å². The Labute approximate surface area is 474 Å². The van der Waals surface area contributed by atoms with Crippen molar-refractivity contribution in [1.29, 1.82) is 0 Å². The predicted octanol–water partition coefficient (Wildman–Crippen LogP) is -2.56. The van der Waals surface area contributed by atoms with Crippen LogP contribution < -0.4 is 48.3 Å². The van der Waals surface area contributed by atoms with Crippen LogP contribution in [-0.2, 0) is 68.7 Å². The molecule has 0 radical (unpaired) electrons.